The van der Waals surface area contributed by atoms with Gasteiger partial charge in [0.05, 0.1) is 18.7 Å². The third-order valence-corrected chi connectivity index (χ3v) is 6.69. The third-order valence-electron chi connectivity index (χ3n) is 5.40. The minimum absolute atomic E-state index is 0.0368. The lowest BCUT2D eigenvalue weighted by atomic mass is 10.0. The van der Waals surface area contributed by atoms with Crippen molar-refractivity contribution < 1.29 is 18.0 Å². The van der Waals surface area contributed by atoms with E-state index in [1.807, 2.05) is 60.7 Å². The maximum atomic E-state index is 12.8. The number of hydrogen-bond donors (Lipinski definition) is 1. The molecule has 2 aromatic carbocycles. The van der Waals surface area contributed by atoms with Crippen molar-refractivity contribution in [3.8, 4) is 0 Å². The molecule has 0 aliphatic carbocycles. The molecule has 3 rings (SSSR count). The molecular weight excluding hydrogens is 414 g/mol. The van der Waals surface area contributed by atoms with Crippen molar-refractivity contribution >= 4 is 21.8 Å². The Labute approximate surface area is 184 Å². The van der Waals surface area contributed by atoms with Crippen molar-refractivity contribution in [3.63, 3.8) is 0 Å². The lowest BCUT2D eigenvalue weighted by Gasteiger charge is -2.30. The van der Waals surface area contributed by atoms with Crippen LogP contribution in [0.25, 0.3) is 0 Å². The van der Waals surface area contributed by atoms with Crippen LogP contribution >= 0.6 is 0 Å². The van der Waals surface area contributed by atoms with E-state index in [0.717, 1.165) is 11.1 Å². The lowest BCUT2D eigenvalue weighted by Crippen LogP contribution is -2.39. The zero-order valence-electron chi connectivity index (χ0n) is 17.7. The summed E-state index contributed by atoms with van der Waals surface area (Å²) in [6.07, 6.45) is 1.97. The number of nitrogens with zero attached hydrogens (tertiary/aromatic N) is 2. The Morgan fingerprint density at radius 3 is 2.29 bits per heavy atom. The molecule has 1 N–H and O–H groups in total. The Morgan fingerprint density at radius 2 is 1.65 bits per heavy atom. The number of hydrogen-bond acceptors (Lipinski definition) is 4. The summed E-state index contributed by atoms with van der Waals surface area (Å²) >= 11 is 0. The zero-order valence-corrected chi connectivity index (χ0v) is 18.6. The quantitative estimate of drug-likeness (QED) is 0.783. The fourth-order valence-electron chi connectivity index (χ4n) is 3.85. The first kappa shape index (κ1) is 23.0. The van der Waals surface area contributed by atoms with Crippen LogP contribution in [0.3, 0.4) is 0 Å². The van der Waals surface area contributed by atoms with Gasteiger partial charge in [0.15, 0.2) is 0 Å². The summed E-state index contributed by atoms with van der Waals surface area (Å²) in [6.45, 7) is 1.39. The Morgan fingerprint density at radius 1 is 1.00 bits per heavy atom. The highest BCUT2D eigenvalue weighted by Gasteiger charge is 2.30. The second-order valence-corrected chi connectivity index (χ2v) is 9.69. The molecule has 0 saturated carbocycles. The Bertz CT molecular complexity index is 980. The van der Waals surface area contributed by atoms with Gasteiger partial charge in [-0.1, -0.05) is 60.7 Å². The van der Waals surface area contributed by atoms with Gasteiger partial charge in [0.25, 0.3) is 0 Å². The van der Waals surface area contributed by atoms with Gasteiger partial charge in [0.2, 0.25) is 21.8 Å². The molecule has 1 unspecified atom stereocenters. The van der Waals surface area contributed by atoms with E-state index in [1.54, 1.807) is 4.90 Å². The van der Waals surface area contributed by atoms with Crippen molar-refractivity contribution in [2.45, 2.75) is 25.3 Å². The number of amides is 2. The van der Waals surface area contributed by atoms with Crippen LogP contribution in [-0.4, -0.2) is 61.9 Å². The highest BCUT2D eigenvalue weighted by Crippen LogP contribution is 2.27. The van der Waals surface area contributed by atoms with Crippen molar-refractivity contribution in [3.05, 3.63) is 71.8 Å². The van der Waals surface area contributed by atoms with Crippen LogP contribution in [0.15, 0.2) is 60.7 Å². The fourth-order valence-corrected chi connectivity index (χ4v) is 4.97. The summed E-state index contributed by atoms with van der Waals surface area (Å²) in [5.74, 6) is -0.273. The maximum absolute atomic E-state index is 12.8. The van der Waals surface area contributed by atoms with Gasteiger partial charge in [-0.05, 0) is 17.5 Å². The molecule has 31 heavy (non-hydrogen) atoms. The number of benzene rings is 2. The highest BCUT2D eigenvalue weighted by atomic mass is 32.2. The van der Waals surface area contributed by atoms with Crippen LogP contribution in [0.4, 0.5) is 0 Å². The molecule has 1 atom stereocenters. The lowest BCUT2D eigenvalue weighted by molar-refractivity contribution is -0.131. The summed E-state index contributed by atoms with van der Waals surface area (Å²) in [7, 11) is -3.56. The van der Waals surface area contributed by atoms with Gasteiger partial charge in [0, 0.05) is 32.6 Å². The molecule has 1 saturated heterocycles. The number of carbonyl (C=O) groups excluding carboxylic acids is 2. The molecule has 1 fully saturated rings. The van der Waals surface area contributed by atoms with Crippen LogP contribution in [0.1, 0.15) is 30.0 Å². The van der Waals surface area contributed by atoms with E-state index in [9.17, 15) is 18.0 Å². The van der Waals surface area contributed by atoms with Gasteiger partial charge in [0.1, 0.15) is 0 Å². The van der Waals surface area contributed by atoms with E-state index in [1.165, 1.54) is 10.6 Å². The summed E-state index contributed by atoms with van der Waals surface area (Å²) in [4.78, 5) is 27.1. The normalized spacial score (nSPS) is 19.3. The standard InChI is InChI=1S/C23H29N3O4S/c1-31(29,30)26-15-8-14-25(23(28)17-19-9-4-2-5-10-19)16-13-24-22(27)18-21(26)20-11-6-3-7-12-20/h2-7,9-12,21H,8,13-18H2,1H3,(H,24,27). The second-order valence-electron chi connectivity index (χ2n) is 7.75. The zero-order chi connectivity index (χ0) is 22.3. The number of rotatable bonds is 4. The summed E-state index contributed by atoms with van der Waals surface area (Å²) < 4.78 is 26.6. The smallest absolute Gasteiger partial charge is 0.227 e. The number of sulfonamides is 1. The van der Waals surface area contributed by atoms with Gasteiger partial charge in [-0.15, -0.1) is 0 Å². The van der Waals surface area contributed by atoms with Crippen LogP contribution in [0, 0.1) is 0 Å². The molecule has 0 spiro atoms. The van der Waals surface area contributed by atoms with Gasteiger partial charge in [-0.2, -0.15) is 4.31 Å². The Balaban J connectivity index is 1.79. The molecule has 2 aromatic rings. The summed E-state index contributed by atoms with van der Waals surface area (Å²) in [5, 5.41) is 2.85. The van der Waals surface area contributed by atoms with E-state index in [4.69, 9.17) is 0 Å². The van der Waals surface area contributed by atoms with E-state index >= 15 is 0 Å². The highest BCUT2D eigenvalue weighted by molar-refractivity contribution is 7.88. The molecule has 1 aliphatic heterocycles. The van der Waals surface area contributed by atoms with Crippen LogP contribution in [-0.2, 0) is 26.0 Å². The number of nitrogens with one attached hydrogen (secondary N) is 1. The van der Waals surface area contributed by atoms with E-state index in [2.05, 4.69) is 5.32 Å². The number of carbonyl (C=O) groups is 2. The van der Waals surface area contributed by atoms with E-state index < -0.39 is 16.1 Å². The second kappa shape index (κ2) is 10.5. The minimum atomic E-state index is -3.56. The predicted octanol–water partition coefficient (Wildman–Crippen LogP) is 1.97. The van der Waals surface area contributed by atoms with Crippen LogP contribution in [0.5, 0.6) is 0 Å². The van der Waals surface area contributed by atoms with Crippen molar-refractivity contribution in [2.24, 2.45) is 0 Å². The average Bonchev–Trinajstić information content (AvgIpc) is 2.78. The molecule has 1 heterocycles. The van der Waals surface area contributed by atoms with Gasteiger partial charge < -0.3 is 10.2 Å². The Kier molecular flexibility index (Phi) is 7.81. The molecule has 8 heteroatoms. The van der Waals surface area contributed by atoms with Gasteiger partial charge >= 0.3 is 0 Å². The molecule has 0 radical (unpaired) electrons. The molecule has 7 nitrogen and oxygen atoms in total. The van der Waals surface area contributed by atoms with Crippen LogP contribution < -0.4 is 5.32 Å². The van der Waals surface area contributed by atoms with Crippen LogP contribution in [0.2, 0.25) is 0 Å². The molecular formula is C23H29N3O4S. The van der Waals surface area contributed by atoms with E-state index in [-0.39, 0.29) is 31.2 Å². The molecule has 2 amide bonds. The van der Waals surface area contributed by atoms with Crippen molar-refractivity contribution in [1.82, 2.24) is 14.5 Å². The van der Waals surface area contributed by atoms with E-state index in [0.29, 0.717) is 26.1 Å². The SMILES string of the molecule is CS(=O)(=O)N1CCCN(C(=O)Cc2ccccc2)CCNC(=O)CC1c1ccccc1. The average molecular weight is 444 g/mol. The maximum Gasteiger partial charge on any atom is 0.227 e. The van der Waals surface area contributed by atoms with Crippen molar-refractivity contribution in [1.29, 1.82) is 0 Å². The summed E-state index contributed by atoms with van der Waals surface area (Å²) in [5.41, 5.74) is 1.70. The monoisotopic (exact) mass is 443 g/mol. The van der Waals surface area contributed by atoms with Crippen molar-refractivity contribution in [2.75, 3.05) is 32.4 Å². The first-order chi connectivity index (χ1) is 14.8. The molecule has 0 bridgehead atoms. The van der Waals surface area contributed by atoms with Gasteiger partial charge in [-0.3, -0.25) is 9.59 Å². The first-order valence-corrected chi connectivity index (χ1v) is 12.3. The summed E-state index contributed by atoms with van der Waals surface area (Å²) in [6, 6.07) is 18.1. The Hall–Kier alpha value is -2.71. The largest absolute Gasteiger partial charge is 0.354 e. The molecule has 166 valence electrons. The van der Waals surface area contributed by atoms with Gasteiger partial charge in [-0.25, -0.2) is 8.42 Å². The fraction of sp³-hybridized carbons (Fsp3) is 0.391. The molecule has 1 aliphatic rings. The predicted molar refractivity (Wildman–Crippen MR) is 120 cm³/mol. The molecule has 0 aromatic heterocycles. The third kappa shape index (κ3) is 6.63. The minimum Gasteiger partial charge on any atom is -0.354 e. The first-order valence-electron chi connectivity index (χ1n) is 10.4. The topological polar surface area (TPSA) is 86.8 Å².